The number of ether oxygens (including phenoxy) is 5. The van der Waals surface area contributed by atoms with Gasteiger partial charge in [0.15, 0.2) is 22.6 Å². The second kappa shape index (κ2) is 35.6. The Kier molecular flexibility index (Phi) is 30.3. The van der Waals surface area contributed by atoms with E-state index in [4.69, 9.17) is 70.4 Å². The van der Waals surface area contributed by atoms with E-state index in [0.717, 1.165) is 52.5 Å². The van der Waals surface area contributed by atoms with Gasteiger partial charge in [-0.3, -0.25) is 0 Å². The fourth-order valence-corrected chi connectivity index (χ4v) is 8.11. The van der Waals surface area contributed by atoms with Crippen molar-refractivity contribution in [2.45, 2.75) is 81.9 Å². The highest BCUT2D eigenvalue weighted by Gasteiger charge is 2.21. The number of benzene rings is 6. The summed E-state index contributed by atoms with van der Waals surface area (Å²) < 4.78 is 24.9. The van der Waals surface area contributed by atoms with Crippen molar-refractivity contribution in [3.05, 3.63) is 149 Å². The van der Waals surface area contributed by atoms with Gasteiger partial charge in [0.05, 0.1) is 85.3 Å². The molecule has 0 spiro atoms. The number of carboxylic acids is 1. The number of carbonyl (C=O) groups is 3. The first-order valence-corrected chi connectivity index (χ1v) is 27.3. The number of aromatic carboxylic acids is 1. The Morgan fingerprint density at radius 3 is 1.06 bits per heavy atom. The lowest BCUT2D eigenvalue weighted by atomic mass is 9.80. The molecule has 0 saturated carbocycles. The van der Waals surface area contributed by atoms with Gasteiger partial charge >= 0.3 is 25.0 Å². The molecule has 0 aliphatic rings. The normalized spacial score (nSPS) is 10.2. The van der Waals surface area contributed by atoms with Crippen LogP contribution in [0.5, 0.6) is 17.2 Å². The first-order chi connectivity index (χ1) is 41.0. The molecule has 0 radical (unpaired) electrons. The van der Waals surface area contributed by atoms with E-state index in [1.165, 1.54) is 14.2 Å². The zero-order chi connectivity index (χ0) is 63.5. The van der Waals surface area contributed by atoms with Crippen LogP contribution in [0.2, 0.25) is 5.15 Å². The third-order valence-electron chi connectivity index (χ3n) is 13.5. The molecule has 89 heavy (non-hydrogen) atoms. The molecule has 0 atom stereocenters. The quantitative estimate of drug-likeness (QED) is 0.0549. The number of rotatable bonds is 15. The van der Waals surface area contributed by atoms with Crippen molar-refractivity contribution < 1.29 is 58.3 Å². The highest BCUT2D eigenvalue weighted by molar-refractivity contribution is 6.58. The van der Waals surface area contributed by atoms with E-state index < -0.39 is 25.0 Å². The van der Waals surface area contributed by atoms with Crippen LogP contribution in [0.15, 0.2) is 127 Å². The summed E-state index contributed by atoms with van der Waals surface area (Å²) in [6.45, 7) is 12.4. The van der Waals surface area contributed by atoms with Gasteiger partial charge in [0.25, 0.3) is 0 Å². The lowest BCUT2D eigenvalue weighted by Gasteiger charge is -2.25. The molecule has 3 aromatic heterocycles. The summed E-state index contributed by atoms with van der Waals surface area (Å²) in [5, 5.41) is 34.0. The van der Waals surface area contributed by atoms with Gasteiger partial charge in [0.1, 0.15) is 28.6 Å². The molecule has 9 aromatic rings. The first kappa shape index (κ1) is 75.9. The lowest BCUT2D eigenvalue weighted by molar-refractivity contribution is 0.0592. The Bertz CT molecular complexity index is 3730. The summed E-state index contributed by atoms with van der Waals surface area (Å²) >= 11 is 6.16. The van der Waals surface area contributed by atoms with Crippen molar-refractivity contribution >= 4 is 92.6 Å². The van der Waals surface area contributed by atoms with Crippen LogP contribution >= 0.6 is 11.6 Å². The molecule has 0 aliphatic carbocycles. The minimum Gasteiger partial charge on any atom is -0.497 e. The van der Waals surface area contributed by atoms with Crippen molar-refractivity contribution in [2.24, 2.45) is 0 Å². The number of aliphatic hydroxyl groups excluding tert-OH is 1. The molecule has 476 valence electrons. The average molecular weight is 1240 g/mol. The number of esters is 2. The van der Waals surface area contributed by atoms with E-state index in [1.54, 1.807) is 100 Å². The summed E-state index contributed by atoms with van der Waals surface area (Å²) in [6, 6.07) is 37.6. The van der Waals surface area contributed by atoms with E-state index >= 15 is 0 Å². The van der Waals surface area contributed by atoms with Gasteiger partial charge in [-0.05, 0) is 162 Å². The molecule has 6 aromatic carbocycles. The number of hydrogen-bond donors (Lipinski definition) is 4. The monoisotopic (exact) mass is 1240 g/mol. The van der Waals surface area contributed by atoms with Crippen LogP contribution in [0.25, 0.3) is 55.6 Å². The van der Waals surface area contributed by atoms with Crippen LogP contribution in [0.4, 0.5) is 17.5 Å². The molecule has 4 N–H and O–H groups in total. The number of methoxy groups -OCH3 is 5. The minimum absolute atomic E-state index is 0. The maximum absolute atomic E-state index is 11.8. The van der Waals surface area contributed by atoms with Crippen molar-refractivity contribution in [1.29, 1.82) is 0 Å². The number of anilines is 3. The topological polar surface area (TPSA) is 265 Å². The highest BCUT2D eigenvalue weighted by Crippen LogP contribution is 2.34. The van der Waals surface area contributed by atoms with E-state index in [9.17, 15) is 19.5 Å². The molecule has 0 aliphatic heterocycles. The molecule has 0 unspecified atom stereocenters. The summed E-state index contributed by atoms with van der Waals surface area (Å²) in [5.41, 5.74) is 8.79. The molecule has 9 rings (SSSR count). The standard InChI is InChI=1S/C21H23N3O3.C20H21N3O3.C14H16ClN3O2.C7H9BO3.CH4O.3CH4/c1-13(2)24(3)20-19(14-6-9-16(26-4)10-7-14)22-17-11-8-15(21(25)27-5)12-18(17)23-20;1-12(2)23(3)19-18(13-5-8-15(26-4)9-6-13)21-16-10-7-14(20(24)25)11-17(16)22-19;1-8(2)18(3)13-12(15)16-10-6-5-9(14(19)20-4)7-11(10)17-13;1-11-7-4-2-6(3-5-7)8(9)10;1-2;;;/h6-13H,1-5H3;5-12H,1-4H3,(H,24,25);5-8H,1-4H3;2-5,9-10H,1H3;2H,1H3;3*1H4. The van der Waals surface area contributed by atoms with E-state index in [0.29, 0.717) is 66.7 Å². The van der Waals surface area contributed by atoms with Gasteiger partial charge in [-0.1, -0.05) is 46.0 Å². The second-order valence-corrected chi connectivity index (χ2v) is 20.1. The number of carbonyl (C=O) groups excluding carboxylic acids is 2. The zero-order valence-electron chi connectivity index (χ0n) is 50.9. The second-order valence-electron chi connectivity index (χ2n) is 19.7. The predicted molar refractivity (Wildman–Crippen MR) is 359 cm³/mol. The predicted octanol–water partition coefficient (Wildman–Crippen LogP) is 11.6. The number of fused-ring (bicyclic) bond motifs is 3. The largest absolute Gasteiger partial charge is 0.497 e. The Morgan fingerprint density at radius 2 is 0.742 bits per heavy atom. The number of halogens is 1. The lowest BCUT2D eigenvalue weighted by Crippen LogP contribution is -2.29. The van der Waals surface area contributed by atoms with E-state index in [-0.39, 0.29) is 46.0 Å². The average Bonchev–Trinajstić information content (AvgIpc) is 2.13. The van der Waals surface area contributed by atoms with Crippen LogP contribution in [-0.2, 0) is 9.47 Å². The molecule has 0 saturated heterocycles. The van der Waals surface area contributed by atoms with Crippen LogP contribution in [0.3, 0.4) is 0 Å². The Labute approximate surface area is 528 Å². The first-order valence-electron chi connectivity index (χ1n) is 27.0. The fraction of sp³-hybridized carbons (Fsp3) is 0.318. The number of hydrogen-bond acceptors (Lipinski definition) is 20. The molecule has 0 amide bonds. The van der Waals surface area contributed by atoms with Gasteiger partial charge in [-0.25, -0.2) is 44.3 Å². The number of carboxylic acid groups (broad SMARTS) is 1. The van der Waals surface area contributed by atoms with Crippen LogP contribution < -0.4 is 34.4 Å². The van der Waals surface area contributed by atoms with Crippen molar-refractivity contribution in [1.82, 2.24) is 29.9 Å². The zero-order valence-corrected chi connectivity index (χ0v) is 51.6. The van der Waals surface area contributed by atoms with Crippen molar-refractivity contribution in [3.8, 4) is 39.8 Å². The summed E-state index contributed by atoms with van der Waals surface area (Å²) in [7, 11) is 13.0. The van der Waals surface area contributed by atoms with Gasteiger partial charge in [0, 0.05) is 57.5 Å². The Balaban J connectivity index is 0.000000411. The van der Waals surface area contributed by atoms with E-state index in [1.807, 2.05) is 93.3 Å². The van der Waals surface area contributed by atoms with Crippen molar-refractivity contribution in [3.63, 3.8) is 0 Å². The Morgan fingerprint density at radius 1 is 0.438 bits per heavy atom. The smallest absolute Gasteiger partial charge is 0.488 e. The number of aromatic nitrogens is 6. The molecular weight excluding hydrogens is 1160 g/mol. The number of aliphatic hydroxyl groups is 1. The summed E-state index contributed by atoms with van der Waals surface area (Å²) in [4.78, 5) is 68.6. The molecule has 3 heterocycles. The molecule has 0 fully saturated rings. The van der Waals surface area contributed by atoms with Gasteiger partial charge in [0.2, 0.25) is 0 Å². The van der Waals surface area contributed by atoms with Gasteiger partial charge in [-0.15, -0.1) is 0 Å². The maximum atomic E-state index is 11.8. The van der Waals surface area contributed by atoms with Crippen LogP contribution in [0, 0.1) is 0 Å². The maximum Gasteiger partial charge on any atom is 0.488 e. The van der Waals surface area contributed by atoms with Gasteiger partial charge in [-0.2, -0.15) is 0 Å². The fourth-order valence-electron chi connectivity index (χ4n) is 7.85. The van der Waals surface area contributed by atoms with E-state index in [2.05, 4.69) is 42.6 Å². The Hall–Kier alpha value is -9.22. The minimum atomic E-state index is -1.40. The SMILES string of the molecule is C.C.C.CO.COC(=O)c1ccc2nc(-c3ccc(OC)cc3)c(N(C)C(C)C)nc2c1.COC(=O)c1ccc2nc(Cl)c(N(C)C(C)C)nc2c1.COc1ccc(-c2nc3ccc(C(=O)O)cc3nc2N(C)C(C)C)cc1.COc1ccc(B(O)O)cc1. The van der Waals surface area contributed by atoms with Crippen LogP contribution in [0.1, 0.15) is 94.9 Å². The molecule has 23 heteroatoms. The summed E-state index contributed by atoms with van der Waals surface area (Å²) in [6.07, 6.45) is 0. The highest BCUT2D eigenvalue weighted by atomic mass is 35.5. The van der Waals surface area contributed by atoms with Crippen molar-refractivity contribution in [2.75, 3.05) is 78.5 Å². The molecular formula is C66H85BClN9O12. The molecule has 21 nitrogen and oxygen atoms in total. The summed E-state index contributed by atoms with van der Waals surface area (Å²) in [5.74, 6) is 2.54. The molecule has 0 bridgehead atoms. The van der Waals surface area contributed by atoms with Gasteiger partial charge < -0.3 is 58.6 Å². The number of nitrogens with zero attached hydrogens (tertiary/aromatic N) is 9. The third-order valence-corrected chi connectivity index (χ3v) is 13.7. The third kappa shape index (κ3) is 19.6. The van der Waals surface area contributed by atoms with Crippen LogP contribution in [-0.4, -0.2) is 157 Å².